The summed E-state index contributed by atoms with van der Waals surface area (Å²) in [6, 6.07) is 18.7. The zero-order valence-electron chi connectivity index (χ0n) is 31.7. The molecule has 5 rings (SSSR count). The van der Waals surface area contributed by atoms with Crippen LogP contribution in [0.5, 0.6) is 5.75 Å². The summed E-state index contributed by atoms with van der Waals surface area (Å²) in [7, 11) is 0. The summed E-state index contributed by atoms with van der Waals surface area (Å²) in [5.41, 5.74) is 2.93. The van der Waals surface area contributed by atoms with Crippen LogP contribution in [0.1, 0.15) is 88.3 Å². The molecule has 2 aromatic carbocycles. The summed E-state index contributed by atoms with van der Waals surface area (Å²) in [4.78, 5) is 52.3. The van der Waals surface area contributed by atoms with Gasteiger partial charge in [0, 0.05) is 47.9 Å². The van der Waals surface area contributed by atoms with Crippen LogP contribution in [0, 0.1) is 11.8 Å². The molecule has 0 bridgehead atoms. The van der Waals surface area contributed by atoms with Crippen LogP contribution in [-0.2, 0) is 26.2 Å². The van der Waals surface area contributed by atoms with E-state index in [1.165, 1.54) is 11.3 Å². The van der Waals surface area contributed by atoms with E-state index in [2.05, 4.69) is 49.9 Å². The zero-order chi connectivity index (χ0) is 37.6. The van der Waals surface area contributed by atoms with Crippen molar-refractivity contribution in [2.75, 3.05) is 19.7 Å². The minimum Gasteiger partial charge on any atom is -0.494 e. The van der Waals surface area contributed by atoms with Gasteiger partial charge in [-0.1, -0.05) is 71.0 Å². The topological polar surface area (TPSA) is 111 Å². The third-order valence-electron chi connectivity index (χ3n) is 8.79. The molecule has 0 spiro atoms. The van der Waals surface area contributed by atoms with Crippen LogP contribution in [0.25, 0.3) is 22.5 Å². The van der Waals surface area contributed by atoms with E-state index in [0.717, 1.165) is 45.7 Å². The van der Waals surface area contributed by atoms with E-state index in [9.17, 15) is 14.4 Å². The third kappa shape index (κ3) is 10.5. The third-order valence-corrected chi connectivity index (χ3v) is 10.3. The number of nitrogens with zero attached hydrogens (tertiary/aromatic N) is 3. The molecule has 2 aromatic heterocycles. The van der Waals surface area contributed by atoms with Crippen LogP contribution in [0.3, 0.4) is 0 Å². The quantitative estimate of drug-likeness (QED) is 0.110. The van der Waals surface area contributed by atoms with E-state index in [4.69, 9.17) is 9.47 Å². The Morgan fingerprint density at radius 1 is 0.865 bits per heavy atom. The maximum Gasteiger partial charge on any atom is 0.313 e. The van der Waals surface area contributed by atoms with E-state index in [1.807, 2.05) is 93.8 Å². The summed E-state index contributed by atoms with van der Waals surface area (Å²) in [5.74, 6) is 0.895. The Balaban J connectivity index is 1.24. The highest BCUT2D eigenvalue weighted by Gasteiger charge is 2.41. The van der Waals surface area contributed by atoms with Gasteiger partial charge in [0.05, 0.1) is 17.4 Å². The van der Waals surface area contributed by atoms with Crippen molar-refractivity contribution < 1.29 is 23.9 Å². The summed E-state index contributed by atoms with van der Waals surface area (Å²) in [6.45, 7) is 17.5. The molecule has 1 saturated heterocycles. The molecule has 0 radical (unpaired) electrons. The molecule has 0 aliphatic carbocycles. The molecule has 0 saturated carbocycles. The number of carbonyl (C=O) groups is 3. The largest absolute Gasteiger partial charge is 0.494 e. The summed E-state index contributed by atoms with van der Waals surface area (Å²) >= 11 is 1.43. The Morgan fingerprint density at radius 2 is 1.50 bits per heavy atom. The SMILES string of the molecule is CC(C)CCCOc1ccc(-c2cnc(-c3ccc(C[C@H](NC(=O)c4ccc(C(C)(C)C)s4)C(=O)N4CC(C(=O)OC(C)(C)C)C4)cc3)nc2)cc1. The highest BCUT2D eigenvalue weighted by Crippen LogP contribution is 2.30. The van der Waals surface area contributed by atoms with Crippen molar-refractivity contribution in [3.8, 4) is 28.3 Å². The standard InChI is InChI=1S/C42H52N4O5S/c1-27(2)10-9-21-50-33-17-15-29(16-18-33)31-23-43-37(44-24-31)30-13-11-28(12-14-30)22-34(45-38(47)35-19-20-36(52-35)41(3,4)5)39(48)46-25-32(26-46)40(49)51-42(6,7)8/h11-20,23-24,27,32,34H,9-10,21-22,25-26H2,1-8H3,(H,45,47)/t34-/m0/s1. The molecule has 3 heterocycles. The van der Waals surface area contributed by atoms with Gasteiger partial charge in [-0.25, -0.2) is 9.97 Å². The Kier molecular flexibility index (Phi) is 12.2. The van der Waals surface area contributed by atoms with Gasteiger partial charge in [-0.2, -0.15) is 0 Å². The molecule has 9 nitrogen and oxygen atoms in total. The lowest BCUT2D eigenvalue weighted by Gasteiger charge is -2.40. The molecule has 1 aliphatic rings. The number of aromatic nitrogens is 2. The number of likely N-dealkylation sites (tertiary alicyclic amines) is 1. The van der Waals surface area contributed by atoms with E-state index in [0.29, 0.717) is 23.2 Å². The number of hydrogen-bond donors (Lipinski definition) is 1. The minimum atomic E-state index is -0.814. The zero-order valence-corrected chi connectivity index (χ0v) is 32.5. The van der Waals surface area contributed by atoms with E-state index >= 15 is 0 Å². The van der Waals surface area contributed by atoms with Crippen LogP contribution in [-0.4, -0.2) is 64.0 Å². The van der Waals surface area contributed by atoms with Crippen LogP contribution in [0.2, 0.25) is 0 Å². The smallest absolute Gasteiger partial charge is 0.313 e. The van der Waals surface area contributed by atoms with Crippen LogP contribution in [0.15, 0.2) is 73.1 Å². The van der Waals surface area contributed by atoms with Gasteiger partial charge in [0.2, 0.25) is 5.91 Å². The molecule has 1 aliphatic heterocycles. The summed E-state index contributed by atoms with van der Waals surface area (Å²) in [6.07, 6.45) is 6.09. The second kappa shape index (κ2) is 16.4. The number of esters is 1. The van der Waals surface area contributed by atoms with Gasteiger partial charge in [-0.3, -0.25) is 14.4 Å². The van der Waals surface area contributed by atoms with Gasteiger partial charge in [0.25, 0.3) is 5.91 Å². The van der Waals surface area contributed by atoms with E-state index in [-0.39, 0.29) is 48.6 Å². The van der Waals surface area contributed by atoms with Crippen molar-refractivity contribution >= 4 is 29.1 Å². The number of ether oxygens (including phenoxy) is 2. The number of carbonyl (C=O) groups excluding carboxylic acids is 3. The van der Waals surface area contributed by atoms with Crippen molar-refractivity contribution in [1.82, 2.24) is 20.2 Å². The number of amides is 2. The molecule has 1 atom stereocenters. The fraction of sp³-hybridized carbons (Fsp3) is 0.452. The lowest BCUT2D eigenvalue weighted by Crippen LogP contribution is -2.59. The average molecular weight is 725 g/mol. The predicted octanol–water partition coefficient (Wildman–Crippen LogP) is 8.13. The molecule has 1 N–H and O–H groups in total. The first-order chi connectivity index (χ1) is 24.6. The van der Waals surface area contributed by atoms with Crippen molar-refractivity contribution in [2.45, 2.75) is 91.7 Å². The fourth-order valence-corrected chi connectivity index (χ4v) is 6.75. The Labute approximate surface area is 312 Å². The number of thiophene rings is 1. The van der Waals surface area contributed by atoms with Gasteiger partial charge < -0.3 is 19.7 Å². The Morgan fingerprint density at radius 3 is 2.08 bits per heavy atom. The van der Waals surface area contributed by atoms with Crippen molar-refractivity contribution in [1.29, 1.82) is 0 Å². The fourth-order valence-electron chi connectivity index (χ4n) is 5.78. The predicted molar refractivity (Wildman–Crippen MR) is 206 cm³/mol. The maximum atomic E-state index is 13.8. The molecule has 1 fully saturated rings. The molecule has 10 heteroatoms. The first-order valence-corrected chi connectivity index (χ1v) is 18.9. The van der Waals surface area contributed by atoms with Crippen LogP contribution >= 0.6 is 11.3 Å². The summed E-state index contributed by atoms with van der Waals surface area (Å²) < 4.78 is 11.4. The number of rotatable bonds is 13. The Bertz CT molecular complexity index is 1810. The Hall–Kier alpha value is -4.57. The van der Waals surface area contributed by atoms with Gasteiger partial charge in [-0.15, -0.1) is 11.3 Å². The number of hydrogen-bond acceptors (Lipinski definition) is 8. The van der Waals surface area contributed by atoms with Gasteiger partial charge in [0.1, 0.15) is 17.4 Å². The minimum absolute atomic E-state index is 0.0913. The second-order valence-corrected chi connectivity index (χ2v) is 17.1. The first kappa shape index (κ1) is 38.7. The molecule has 4 aromatic rings. The normalized spacial score (nSPS) is 14.1. The second-order valence-electron chi connectivity index (χ2n) is 16.0. The molecule has 2 amide bonds. The maximum absolute atomic E-state index is 13.8. The van der Waals surface area contributed by atoms with Gasteiger partial charge >= 0.3 is 5.97 Å². The average Bonchev–Trinajstić information content (AvgIpc) is 3.57. The van der Waals surface area contributed by atoms with Gasteiger partial charge in [-0.05, 0) is 80.3 Å². The van der Waals surface area contributed by atoms with Gasteiger partial charge in [0.15, 0.2) is 5.82 Å². The number of benzene rings is 2. The molecule has 276 valence electrons. The van der Waals surface area contributed by atoms with E-state index < -0.39 is 11.6 Å². The summed E-state index contributed by atoms with van der Waals surface area (Å²) in [5, 5.41) is 3.00. The molecule has 0 unspecified atom stereocenters. The monoisotopic (exact) mass is 724 g/mol. The van der Waals surface area contributed by atoms with Crippen molar-refractivity contribution in [2.24, 2.45) is 11.8 Å². The van der Waals surface area contributed by atoms with Crippen molar-refractivity contribution in [3.63, 3.8) is 0 Å². The number of nitrogens with one attached hydrogen (secondary N) is 1. The highest BCUT2D eigenvalue weighted by atomic mass is 32.1. The first-order valence-electron chi connectivity index (χ1n) is 18.1. The van der Waals surface area contributed by atoms with Crippen LogP contribution in [0.4, 0.5) is 0 Å². The van der Waals surface area contributed by atoms with Crippen LogP contribution < -0.4 is 10.1 Å². The molecular weight excluding hydrogens is 673 g/mol. The lowest BCUT2D eigenvalue weighted by molar-refractivity contribution is -0.168. The van der Waals surface area contributed by atoms with E-state index in [1.54, 1.807) is 4.90 Å². The molecule has 52 heavy (non-hydrogen) atoms. The highest BCUT2D eigenvalue weighted by molar-refractivity contribution is 7.14. The molecular formula is C42H52N4O5S. The lowest BCUT2D eigenvalue weighted by atomic mass is 9.95. The van der Waals surface area contributed by atoms with Crippen molar-refractivity contribution in [3.05, 3.63) is 88.4 Å².